The molecule has 28 heavy (non-hydrogen) atoms. The van der Waals surface area contributed by atoms with E-state index in [1.165, 1.54) is 5.56 Å². The first-order chi connectivity index (χ1) is 13.6. The number of nitrogens with one attached hydrogen (secondary N) is 2. The number of aromatic nitrogens is 3. The number of benzene rings is 2. The summed E-state index contributed by atoms with van der Waals surface area (Å²) >= 11 is 2.78. The maximum Gasteiger partial charge on any atom is 0.324 e. The molecule has 4 aromatic rings. The molecule has 0 radical (unpaired) electrons. The molecule has 0 atom stereocenters. The van der Waals surface area contributed by atoms with Gasteiger partial charge in [-0.15, -0.1) is 16.4 Å². The zero-order chi connectivity index (χ0) is 19.5. The Labute approximate surface area is 170 Å². The van der Waals surface area contributed by atoms with Crippen molar-refractivity contribution < 1.29 is 4.79 Å². The van der Waals surface area contributed by atoms with Gasteiger partial charge in [-0.1, -0.05) is 28.8 Å². The molecule has 0 spiro atoms. The second-order valence-electron chi connectivity index (χ2n) is 6.21. The van der Waals surface area contributed by atoms with Crippen molar-refractivity contribution in [1.29, 1.82) is 0 Å². The van der Waals surface area contributed by atoms with Crippen LogP contribution in [-0.2, 0) is 0 Å². The van der Waals surface area contributed by atoms with E-state index in [0.29, 0.717) is 16.4 Å². The first-order valence-corrected chi connectivity index (χ1v) is 10.2. The lowest BCUT2D eigenvalue weighted by atomic mass is 9.98. The molecule has 8 heteroatoms. The number of thiazole rings is 1. The van der Waals surface area contributed by atoms with E-state index in [0.717, 1.165) is 33.2 Å². The molecule has 0 bridgehead atoms. The van der Waals surface area contributed by atoms with E-state index in [4.69, 9.17) is 0 Å². The summed E-state index contributed by atoms with van der Waals surface area (Å²) in [6.07, 6.45) is 1.81. The molecule has 0 saturated heterocycles. The lowest BCUT2D eigenvalue weighted by Crippen LogP contribution is -2.19. The summed E-state index contributed by atoms with van der Waals surface area (Å²) in [6, 6.07) is 13.8. The number of carbonyl (C=O) groups excluding carboxylic acids is 1. The van der Waals surface area contributed by atoms with Gasteiger partial charge in [0.2, 0.25) is 0 Å². The third kappa shape index (κ3) is 3.92. The normalized spacial score (nSPS) is 10.6. The third-order valence-corrected chi connectivity index (χ3v) is 5.81. The molecule has 2 amide bonds. The van der Waals surface area contributed by atoms with E-state index in [1.807, 2.05) is 35.8 Å². The molecular formula is C20H17N5OS2. The number of aryl methyl sites for hydroxylation is 2. The Hall–Kier alpha value is -3.10. The van der Waals surface area contributed by atoms with Crippen LogP contribution >= 0.6 is 22.9 Å². The second-order valence-corrected chi connectivity index (χ2v) is 7.86. The number of urea groups is 1. The van der Waals surface area contributed by atoms with E-state index in [2.05, 4.69) is 50.3 Å². The minimum Gasteiger partial charge on any atom is -0.308 e. The van der Waals surface area contributed by atoms with E-state index in [1.54, 1.807) is 18.3 Å². The van der Waals surface area contributed by atoms with Crippen LogP contribution in [0.1, 0.15) is 11.3 Å². The summed E-state index contributed by atoms with van der Waals surface area (Å²) < 4.78 is 3.81. The van der Waals surface area contributed by atoms with Crippen molar-refractivity contribution in [2.24, 2.45) is 0 Å². The zero-order valence-electron chi connectivity index (χ0n) is 15.3. The van der Waals surface area contributed by atoms with Crippen LogP contribution in [0.2, 0.25) is 0 Å². The predicted octanol–water partition coefficient (Wildman–Crippen LogP) is 5.59. The van der Waals surface area contributed by atoms with Crippen molar-refractivity contribution >= 4 is 39.6 Å². The van der Waals surface area contributed by atoms with Gasteiger partial charge in [0, 0.05) is 34.4 Å². The average Bonchev–Trinajstić information content (AvgIpc) is 3.36. The summed E-state index contributed by atoms with van der Waals surface area (Å²) in [5.41, 5.74) is 5.94. The minimum atomic E-state index is -0.316. The summed E-state index contributed by atoms with van der Waals surface area (Å²) in [7, 11) is 0. The van der Waals surface area contributed by atoms with Crippen molar-refractivity contribution in [3.63, 3.8) is 0 Å². The fraction of sp³-hybridized carbons (Fsp3) is 0.100. The van der Waals surface area contributed by atoms with E-state index < -0.39 is 0 Å². The first kappa shape index (κ1) is 18.3. The van der Waals surface area contributed by atoms with Gasteiger partial charge < -0.3 is 5.32 Å². The summed E-state index contributed by atoms with van der Waals surface area (Å²) in [6.45, 7) is 3.89. The Morgan fingerprint density at radius 2 is 1.79 bits per heavy atom. The summed E-state index contributed by atoms with van der Waals surface area (Å²) in [4.78, 5) is 16.5. The zero-order valence-corrected chi connectivity index (χ0v) is 16.9. The smallest absolute Gasteiger partial charge is 0.308 e. The van der Waals surface area contributed by atoms with Crippen molar-refractivity contribution in [2.45, 2.75) is 13.8 Å². The third-order valence-electron chi connectivity index (χ3n) is 4.25. The molecule has 2 heterocycles. The number of nitrogens with zero attached hydrogens (tertiary/aromatic N) is 3. The molecule has 2 aromatic carbocycles. The van der Waals surface area contributed by atoms with E-state index in [9.17, 15) is 4.79 Å². The lowest BCUT2D eigenvalue weighted by molar-refractivity contribution is 0.262. The number of amides is 2. The highest BCUT2D eigenvalue weighted by atomic mass is 32.1. The molecule has 0 unspecified atom stereocenters. The standard InChI is InChI=1S/C20H17N5OS2/c1-12-3-4-15(19-21-9-10-27-19)11-17(12)14-5-7-16(8-6-14)22-20(26)23-18-13(2)24-25-28-18/h3-11H,1-2H3,(H2,22,23,26). The minimum absolute atomic E-state index is 0.316. The largest absolute Gasteiger partial charge is 0.324 e. The topological polar surface area (TPSA) is 79.8 Å². The van der Waals surface area contributed by atoms with Gasteiger partial charge in [0.25, 0.3) is 0 Å². The number of anilines is 2. The van der Waals surface area contributed by atoms with Gasteiger partial charge in [-0.3, -0.25) is 5.32 Å². The quantitative estimate of drug-likeness (QED) is 0.462. The number of carbonyl (C=O) groups is 1. The number of hydrogen-bond acceptors (Lipinski definition) is 6. The van der Waals surface area contributed by atoms with Gasteiger partial charge in [-0.05, 0) is 48.7 Å². The lowest BCUT2D eigenvalue weighted by Gasteiger charge is -2.10. The Balaban J connectivity index is 1.51. The van der Waals surface area contributed by atoms with Crippen LogP contribution in [0.5, 0.6) is 0 Å². The van der Waals surface area contributed by atoms with Crippen LogP contribution in [0.3, 0.4) is 0 Å². The fourth-order valence-corrected chi connectivity index (χ4v) is 3.97. The molecule has 0 saturated carbocycles. The highest BCUT2D eigenvalue weighted by Crippen LogP contribution is 2.31. The molecule has 2 aromatic heterocycles. The summed E-state index contributed by atoms with van der Waals surface area (Å²) in [5.74, 6) is 0. The van der Waals surface area contributed by atoms with Crippen molar-refractivity contribution in [2.75, 3.05) is 10.6 Å². The first-order valence-electron chi connectivity index (χ1n) is 8.58. The molecular weight excluding hydrogens is 390 g/mol. The Morgan fingerprint density at radius 1 is 1.00 bits per heavy atom. The molecule has 0 aliphatic carbocycles. The molecule has 140 valence electrons. The van der Waals surface area contributed by atoms with Crippen LogP contribution in [0, 0.1) is 13.8 Å². The van der Waals surface area contributed by atoms with Crippen LogP contribution in [0.25, 0.3) is 21.7 Å². The Morgan fingerprint density at radius 3 is 2.46 bits per heavy atom. The molecule has 0 aliphatic rings. The van der Waals surface area contributed by atoms with E-state index >= 15 is 0 Å². The predicted molar refractivity (Wildman–Crippen MR) is 115 cm³/mol. The van der Waals surface area contributed by atoms with Crippen LogP contribution in [0.4, 0.5) is 15.5 Å². The van der Waals surface area contributed by atoms with E-state index in [-0.39, 0.29) is 6.03 Å². The van der Waals surface area contributed by atoms with Gasteiger partial charge in [-0.2, -0.15) is 0 Å². The van der Waals surface area contributed by atoms with Gasteiger partial charge in [0.1, 0.15) is 10.0 Å². The Bertz CT molecular complexity index is 1100. The van der Waals surface area contributed by atoms with Crippen LogP contribution in [-0.4, -0.2) is 20.6 Å². The van der Waals surface area contributed by atoms with Crippen LogP contribution < -0.4 is 10.6 Å². The maximum absolute atomic E-state index is 12.1. The SMILES string of the molecule is Cc1ccc(-c2nccs2)cc1-c1ccc(NC(=O)Nc2snnc2C)cc1. The van der Waals surface area contributed by atoms with Gasteiger partial charge >= 0.3 is 6.03 Å². The van der Waals surface area contributed by atoms with Gasteiger partial charge in [0.05, 0.1) is 5.69 Å². The number of hydrogen-bond donors (Lipinski definition) is 2. The monoisotopic (exact) mass is 407 g/mol. The average molecular weight is 408 g/mol. The van der Waals surface area contributed by atoms with Crippen molar-refractivity contribution in [1.82, 2.24) is 14.6 Å². The van der Waals surface area contributed by atoms with Gasteiger partial charge in [0.15, 0.2) is 0 Å². The van der Waals surface area contributed by atoms with Crippen LogP contribution in [0.15, 0.2) is 54.0 Å². The highest BCUT2D eigenvalue weighted by molar-refractivity contribution is 7.13. The highest BCUT2D eigenvalue weighted by Gasteiger charge is 2.10. The Kier molecular flexibility index (Phi) is 5.14. The summed E-state index contributed by atoms with van der Waals surface area (Å²) in [5, 5.41) is 13.1. The van der Waals surface area contributed by atoms with Crippen molar-refractivity contribution in [3.8, 4) is 21.7 Å². The van der Waals surface area contributed by atoms with Gasteiger partial charge in [-0.25, -0.2) is 9.78 Å². The second kappa shape index (κ2) is 7.87. The molecule has 0 aliphatic heterocycles. The fourth-order valence-electron chi connectivity index (χ4n) is 2.78. The molecule has 2 N–H and O–H groups in total. The molecule has 0 fully saturated rings. The number of rotatable bonds is 4. The molecule has 4 rings (SSSR count). The van der Waals surface area contributed by atoms with Crippen molar-refractivity contribution in [3.05, 3.63) is 65.3 Å². The maximum atomic E-state index is 12.1. The molecule has 6 nitrogen and oxygen atoms in total.